The third-order valence-corrected chi connectivity index (χ3v) is 3.82. The van der Waals surface area contributed by atoms with Crippen LogP contribution in [0.4, 0.5) is 10.1 Å². The van der Waals surface area contributed by atoms with Gasteiger partial charge in [0.15, 0.2) is 0 Å². The molecule has 0 unspecified atom stereocenters. The summed E-state index contributed by atoms with van der Waals surface area (Å²) in [5.41, 5.74) is 2.03. The van der Waals surface area contributed by atoms with Crippen molar-refractivity contribution in [2.45, 2.75) is 13.5 Å². The molecule has 1 amide bonds. The standard InChI is InChI=1S/C20H17FN2O2/c1-14-7-9-15(10-8-14)13-23-11-3-6-18(20(23)25)19(24)22-17-5-2-4-16(21)12-17/h2-12H,13H2,1H3,(H,22,24). The zero-order valence-electron chi connectivity index (χ0n) is 13.7. The Morgan fingerprint density at radius 2 is 1.84 bits per heavy atom. The molecule has 0 saturated heterocycles. The first-order valence-corrected chi connectivity index (χ1v) is 7.85. The summed E-state index contributed by atoms with van der Waals surface area (Å²) < 4.78 is 14.7. The molecule has 0 spiro atoms. The molecule has 1 heterocycles. The van der Waals surface area contributed by atoms with E-state index in [1.807, 2.05) is 31.2 Å². The second kappa shape index (κ2) is 7.13. The molecule has 0 saturated carbocycles. The van der Waals surface area contributed by atoms with Crippen molar-refractivity contribution in [3.05, 3.63) is 99.7 Å². The predicted molar refractivity (Wildman–Crippen MR) is 95.3 cm³/mol. The SMILES string of the molecule is Cc1ccc(Cn2cccc(C(=O)Nc3cccc(F)c3)c2=O)cc1. The molecule has 0 aliphatic heterocycles. The van der Waals surface area contributed by atoms with Gasteiger partial charge in [-0.1, -0.05) is 35.9 Å². The van der Waals surface area contributed by atoms with Crippen molar-refractivity contribution in [1.29, 1.82) is 0 Å². The molecule has 0 fully saturated rings. The van der Waals surface area contributed by atoms with E-state index in [1.54, 1.807) is 18.3 Å². The molecule has 0 aliphatic rings. The molecule has 0 radical (unpaired) electrons. The van der Waals surface area contributed by atoms with E-state index in [2.05, 4.69) is 5.32 Å². The van der Waals surface area contributed by atoms with Crippen LogP contribution in [0, 0.1) is 12.7 Å². The summed E-state index contributed by atoms with van der Waals surface area (Å²) in [5.74, 6) is -1.02. The zero-order chi connectivity index (χ0) is 17.8. The average molecular weight is 336 g/mol. The molecule has 0 atom stereocenters. The van der Waals surface area contributed by atoms with Crippen molar-refractivity contribution in [3.63, 3.8) is 0 Å². The molecule has 2 aromatic carbocycles. The molecular weight excluding hydrogens is 319 g/mol. The lowest BCUT2D eigenvalue weighted by Gasteiger charge is -2.09. The maximum absolute atomic E-state index is 13.2. The fraction of sp³-hybridized carbons (Fsp3) is 0.100. The summed E-state index contributed by atoms with van der Waals surface area (Å²) in [6.45, 7) is 2.37. The number of amides is 1. The number of carbonyl (C=O) groups excluding carboxylic acids is 1. The monoisotopic (exact) mass is 336 g/mol. The lowest BCUT2D eigenvalue weighted by Crippen LogP contribution is -2.29. The van der Waals surface area contributed by atoms with E-state index in [1.165, 1.54) is 28.8 Å². The Bertz CT molecular complexity index is 962. The third-order valence-electron chi connectivity index (χ3n) is 3.82. The molecule has 1 aromatic heterocycles. The maximum Gasteiger partial charge on any atom is 0.263 e. The van der Waals surface area contributed by atoms with E-state index in [0.29, 0.717) is 12.2 Å². The normalized spacial score (nSPS) is 10.5. The van der Waals surface area contributed by atoms with Crippen molar-refractivity contribution in [1.82, 2.24) is 4.57 Å². The molecule has 25 heavy (non-hydrogen) atoms. The number of pyridine rings is 1. The minimum Gasteiger partial charge on any atom is -0.322 e. The van der Waals surface area contributed by atoms with E-state index in [-0.39, 0.29) is 5.56 Å². The number of halogens is 1. The van der Waals surface area contributed by atoms with Crippen molar-refractivity contribution in [2.75, 3.05) is 5.32 Å². The number of rotatable bonds is 4. The Morgan fingerprint density at radius 1 is 1.08 bits per heavy atom. The number of nitrogens with one attached hydrogen (secondary N) is 1. The quantitative estimate of drug-likeness (QED) is 0.791. The van der Waals surface area contributed by atoms with Gasteiger partial charge in [-0.25, -0.2) is 4.39 Å². The van der Waals surface area contributed by atoms with Gasteiger partial charge in [-0.05, 0) is 42.8 Å². The van der Waals surface area contributed by atoms with Crippen molar-refractivity contribution >= 4 is 11.6 Å². The summed E-state index contributed by atoms with van der Waals surface area (Å²) in [4.78, 5) is 24.9. The van der Waals surface area contributed by atoms with Gasteiger partial charge in [-0.15, -0.1) is 0 Å². The molecule has 3 rings (SSSR count). The maximum atomic E-state index is 13.2. The number of nitrogens with zero attached hydrogens (tertiary/aromatic N) is 1. The van der Waals surface area contributed by atoms with Gasteiger partial charge in [0, 0.05) is 11.9 Å². The lowest BCUT2D eigenvalue weighted by molar-refractivity contribution is 0.102. The Labute approximate surface area is 144 Å². The number of carbonyl (C=O) groups is 1. The number of aromatic nitrogens is 1. The number of hydrogen-bond donors (Lipinski definition) is 1. The summed E-state index contributed by atoms with van der Waals surface area (Å²) in [6.07, 6.45) is 1.64. The number of anilines is 1. The minimum atomic E-state index is -0.561. The van der Waals surface area contributed by atoms with Gasteiger partial charge >= 0.3 is 0 Å². The van der Waals surface area contributed by atoms with Crippen LogP contribution in [-0.2, 0) is 6.54 Å². The Morgan fingerprint density at radius 3 is 2.56 bits per heavy atom. The van der Waals surface area contributed by atoms with Crippen LogP contribution in [0.15, 0.2) is 71.7 Å². The fourth-order valence-corrected chi connectivity index (χ4v) is 2.49. The number of benzene rings is 2. The van der Waals surface area contributed by atoms with Gasteiger partial charge in [-0.3, -0.25) is 9.59 Å². The first-order chi connectivity index (χ1) is 12.0. The number of hydrogen-bond acceptors (Lipinski definition) is 2. The summed E-state index contributed by atoms with van der Waals surface area (Å²) in [6, 6.07) is 16.5. The molecule has 5 heteroatoms. The van der Waals surface area contributed by atoms with E-state index < -0.39 is 17.3 Å². The fourth-order valence-electron chi connectivity index (χ4n) is 2.49. The van der Waals surface area contributed by atoms with Crippen LogP contribution in [-0.4, -0.2) is 10.5 Å². The Balaban J connectivity index is 1.84. The van der Waals surface area contributed by atoms with E-state index in [4.69, 9.17) is 0 Å². The zero-order valence-corrected chi connectivity index (χ0v) is 13.7. The van der Waals surface area contributed by atoms with Crippen LogP contribution >= 0.6 is 0 Å². The smallest absolute Gasteiger partial charge is 0.263 e. The second-order valence-corrected chi connectivity index (χ2v) is 5.80. The van der Waals surface area contributed by atoms with Crippen molar-refractivity contribution in [2.24, 2.45) is 0 Å². The Kier molecular flexibility index (Phi) is 4.75. The highest BCUT2D eigenvalue weighted by atomic mass is 19.1. The Hall–Kier alpha value is -3.21. The van der Waals surface area contributed by atoms with Gasteiger partial charge in [0.2, 0.25) is 0 Å². The van der Waals surface area contributed by atoms with Gasteiger partial charge in [0.1, 0.15) is 11.4 Å². The summed E-state index contributed by atoms with van der Waals surface area (Å²) in [7, 11) is 0. The summed E-state index contributed by atoms with van der Waals surface area (Å²) in [5, 5.41) is 2.55. The summed E-state index contributed by atoms with van der Waals surface area (Å²) >= 11 is 0. The van der Waals surface area contributed by atoms with Gasteiger partial charge in [0.25, 0.3) is 11.5 Å². The third kappa shape index (κ3) is 4.01. The highest BCUT2D eigenvalue weighted by Crippen LogP contribution is 2.10. The molecule has 4 nitrogen and oxygen atoms in total. The highest BCUT2D eigenvalue weighted by molar-refractivity contribution is 6.03. The molecule has 126 valence electrons. The van der Waals surface area contributed by atoms with Crippen LogP contribution in [0.3, 0.4) is 0 Å². The molecule has 1 N–H and O–H groups in total. The molecule has 0 aliphatic carbocycles. The van der Waals surface area contributed by atoms with E-state index in [9.17, 15) is 14.0 Å². The molecular formula is C20H17FN2O2. The first kappa shape index (κ1) is 16.6. The first-order valence-electron chi connectivity index (χ1n) is 7.85. The molecule has 3 aromatic rings. The highest BCUT2D eigenvalue weighted by Gasteiger charge is 2.13. The van der Waals surface area contributed by atoms with Crippen molar-refractivity contribution in [3.8, 4) is 0 Å². The van der Waals surface area contributed by atoms with Crippen LogP contribution in [0.2, 0.25) is 0 Å². The average Bonchev–Trinajstić information content (AvgIpc) is 2.58. The minimum absolute atomic E-state index is 0.0128. The predicted octanol–water partition coefficient (Wildman–Crippen LogP) is 3.60. The second-order valence-electron chi connectivity index (χ2n) is 5.80. The van der Waals surface area contributed by atoms with Crippen LogP contribution in [0.25, 0.3) is 0 Å². The van der Waals surface area contributed by atoms with Crippen LogP contribution < -0.4 is 10.9 Å². The van der Waals surface area contributed by atoms with Gasteiger partial charge in [-0.2, -0.15) is 0 Å². The van der Waals surface area contributed by atoms with Crippen LogP contribution in [0.1, 0.15) is 21.5 Å². The van der Waals surface area contributed by atoms with E-state index in [0.717, 1.165) is 11.1 Å². The molecule has 0 bridgehead atoms. The van der Waals surface area contributed by atoms with Gasteiger partial charge in [0.05, 0.1) is 6.54 Å². The van der Waals surface area contributed by atoms with E-state index >= 15 is 0 Å². The van der Waals surface area contributed by atoms with Gasteiger partial charge < -0.3 is 9.88 Å². The lowest BCUT2D eigenvalue weighted by atomic mass is 10.1. The largest absolute Gasteiger partial charge is 0.322 e. The van der Waals surface area contributed by atoms with Crippen molar-refractivity contribution < 1.29 is 9.18 Å². The van der Waals surface area contributed by atoms with Crippen LogP contribution in [0.5, 0.6) is 0 Å². The topological polar surface area (TPSA) is 51.1 Å². The number of aryl methyl sites for hydroxylation is 1.